The Hall–Kier alpha value is -2.69. The Morgan fingerprint density at radius 1 is 1.38 bits per heavy atom. The fraction of sp³-hybridized carbons (Fsp3) is 0.333. The van der Waals surface area contributed by atoms with Crippen molar-refractivity contribution in [2.24, 2.45) is 0 Å². The number of morpholine rings is 1. The van der Waals surface area contributed by atoms with E-state index in [1.165, 1.54) is 29.3 Å². The fourth-order valence-electron chi connectivity index (χ4n) is 2.96. The van der Waals surface area contributed by atoms with Crippen LogP contribution in [0.3, 0.4) is 0 Å². The number of nitrogens with zero attached hydrogens (tertiary/aromatic N) is 4. The second kappa shape index (κ2) is 8.36. The number of halogens is 1. The minimum absolute atomic E-state index is 0.192. The van der Waals surface area contributed by atoms with Gasteiger partial charge in [0, 0.05) is 18.1 Å². The van der Waals surface area contributed by atoms with Crippen molar-refractivity contribution in [2.75, 3.05) is 43.6 Å². The van der Waals surface area contributed by atoms with E-state index >= 15 is 0 Å². The van der Waals surface area contributed by atoms with Gasteiger partial charge < -0.3 is 19.7 Å². The molecule has 0 aliphatic carbocycles. The van der Waals surface area contributed by atoms with Crippen LogP contribution in [0, 0.1) is 0 Å². The Morgan fingerprint density at radius 3 is 2.93 bits per heavy atom. The van der Waals surface area contributed by atoms with Gasteiger partial charge in [-0.15, -0.1) is 0 Å². The summed E-state index contributed by atoms with van der Waals surface area (Å²) in [6.07, 6.45) is 1.34. The molecule has 29 heavy (non-hydrogen) atoms. The van der Waals surface area contributed by atoms with E-state index < -0.39 is 5.91 Å². The van der Waals surface area contributed by atoms with E-state index in [0.29, 0.717) is 40.0 Å². The third-order valence-corrected chi connectivity index (χ3v) is 5.73. The molecule has 3 heterocycles. The molecule has 11 heteroatoms. The van der Waals surface area contributed by atoms with Gasteiger partial charge in [0.1, 0.15) is 23.3 Å². The molecule has 3 aromatic rings. The minimum atomic E-state index is -0.397. The number of fused-ring (bicyclic) bond motifs is 1. The number of carbonyl (C=O) groups is 1. The summed E-state index contributed by atoms with van der Waals surface area (Å²) >= 11 is 7.26. The summed E-state index contributed by atoms with van der Waals surface area (Å²) in [7, 11) is 1.50. The predicted molar refractivity (Wildman–Crippen MR) is 111 cm³/mol. The summed E-state index contributed by atoms with van der Waals surface area (Å²) in [6, 6.07) is 4.90. The maximum absolute atomic E-state index is 12.8. The highest BCUT2D eigenvalue weighted by molar-refractivity contribution is 7.22. The van der Waals surface area contributed by atoms with Crippen molar-refractivity contribution < 1.29 is 14.3 Å². The molecule has 0 spiro atoms. The summed E-state index contributed by atoms with van der Waals surface area (Å²) in [5.41, 5.74) is 0.509. The first kappa shape index (κ1) is 19.6. The lowest BCUT2D eigenvalue weighted by Gasteiger charge is -2.25. The largest absolute Gasteiger partial charge is 0.495 e. The summed E-state index contributed by atoms with van der Waals surface area (Å²) in [4.78, 5) is 36.0. The SMILES string of the molecule is COc1ccc(Cl)cc1NC(=O)Cn1cnc2nc(N3CCOCC3)sc2c1=O. The number of hydrogen-bond acceptors (Lipinski definition) is 8. The van der Waals surface area contributed by atoms with Gasteiger partial charge in [0.25, 0.3) is 5.56 Å². The lowest BCUT2D eigenvalue weighted by molar-refractivity contribution is -0.116. The number of aromatic nitrogens is 3. The molecule has 152 valence electrons. The summed E-state index contributed by atoms with van der Waals surface area (Å²) < 4.78 is 12.2. The first-order chi connectivity index (χ1) is 14.0. The summed E-state index contributed by atoms with van der Waals surface area (Å²) in [5.74, 6) is 0.0769. The highest BCUT2D eigenvalue weighted by Crippen LogP contribution is 2.28. The second-order valence-corrected chi connectivity index (χ2v) is 7.73. The molecule has 9 nitrogen and oxygen atoms in total. The smallest absolute Gasteiger partial charge is 0.273 e. The van der Waals surface area contributed by atoms with E-state index in [0.717, 1.165) is 18.2 Å². The zero-order valence-electron chi connectivity index (χ0n) is 15.6. The van der Waals surface area contributed by atoms with E-state index in [1.54, 1.807) is 18.2 Å². The molecule has 4 rings (SSSR count). The third kappa shape index (κ3) is 4.19. The molecule has 1 fully saturated rings. The van der Waals surface area contributed by atoms with Gasteiger partial charge in [0.15, 0.2) is 10.8 Å². The van der Waals surface area contributed by atoms with Crippen LogP contribution < -0.4 is 20.5 Å². The number of hydrogen-bond donors (Lipinski definition) is 1. The van der Waals surface area contributed by atoms with Gasteiger partial charge in [-0.2, -0.15) is 4.98 Å². The van der Waals surface area contributed by atoms with Gasteiger partial charge in [-0.3, -0.25) is 14.2 Å². The number of thiazole rings is 1. The molecular formula is C18H18ClN5O4S. The topological polar surface area (TPSA) is 98.6 Å². The molecule has 0 atom stereocenters. The Labute approximate surface area is 174 Å². The molecular weight excluding hydrogens is 418 g/mol. The molecule has 0 unspecified atom stereocenters. The van der Waals surface area contributed by atoms with Crippen LogP contribution in [-0.2, 0) is 16.1 Å². The lowest BCUT2D eigenvalue weighted by Crippen LogP contribution is -2.36. The van der Waals surface area contributed by atoms with Crippen LogP contribution in [0.4, 0.5) is 10.8 Å². The number of amides is 1. The average molecular weight is 436 g/mol. The average Bonchev–Trinajstić information content (AvgIpc) is 3.16. The van der Waals surface area contributed by atoms with Crippen molar-refractivity contribution in [3.63, 3.8) is 0 Å². The fourth-order valence-corrected chi connectivity index (χ4v) is 4.15. The number of anilines is 2. The highest BCUT2D eigenvalue weighted by Gasteiger charge is 2.19. The van der Waals surface area contributed by atoms with E-state index in [-0.39, 0.29) is 12.1 Å². The van der Waals surface area contributed by atoms with Crippen LogP contribution in [-0.4, -0.2) is 53.9 Å². The van der Waals surface area contributed by atoms with E-state index in [9.17, 15) is 9.59 Å². The maximum atomic E-state index is 12.8. The Kier molecular flexibility index (Phi) is 5.65. The quantitative estimate of drug-likeness (QED) is 0.654. The third-order valence-electron chi connectivity index (χ3n) is 4.40. The van der Waals surface area contributed by atoms with Crippen molar-refractivity contribution in [1.82, 2.24) is 14.5 Å². The van der Waals surface area contributed by atoms with Crippen LogP contribution >= 0.6 is 22.9 Å². The molecule has 1 aliphatic rings. The van der Waals surface area contributed by atoms with Gasteiger partial charge in [-0.25, -0.2) is 4.98 Å². The lowest BCUT2D eigenvalue weighted by atomic mass is 10.3. The number of nitrogens with one attached hydrogen (secondary N) is 1. The maximum Gasteiger partial charge on any atom is 0.273 e. The molecule has 0 radical (unpaired) electrons. The number of methoxy groups -OCH3 is 1. The van der Waals surface area contributed by atoms with Gasteiger partial charge in [0.2, 0.25) is 5.91 Å². The summed E-state index contributed by atoms with van der Waals surface area (Å²) in [6.45, 7) is 2.50. The van der Waals surface area contributed by atoms with Crippen molar-refractivity contribution in [2.45, 2.75) is 6.54 Å². The number of carbonyl (C=O) groups excluding carboxylic acids is 1. The zero-order valence-corrected chi connectivity index (χ0v) is 17.1. The Bertz CT molecular complexity index is 1110. The minimum Gasteiger partial charge on any atom is -0.495 e. The van der Waals surface area contributed by atoms with Gasteiger partial charge in [-0.05, 0) is 18.2 Å². The van der Waals surface area contributed by atoms with E-state index in [4.69, 9.17) is 21.1 Å². The molecule has 2 aromatic heterocycles. The zero-order chi connectivity index (χ0) is 20.4. The molecule has 0 saturated carbocycles. The predicted octanol–water partition coefficient (Wildman–Crippen LogP) is 1.99. The van der Waals surface area contributed by atoms with Crippen LogP contribution in [0.2, 0.25) is 5.02 Å². The molecule has 1 saturated heterocycles. The first-order valence-electron chi connectivity index (χ1n) is 8.87. The van der Waals surface area contributed by atoms with E-state index in [1.807, 2.05) is 0 Å². The van der Waals surface area contributed by atoms with Gasteiger partial charge >= 0.3 is 0 Å². The normalized spacial score (nSPS) is 14.2. The number of benzene rings is 1. The standard InChI is InChI=1S/C18H18ClN5O4S/c1-27-13-3-2-11(19)8-12(13)21-14(25)9-24-10-20-16-15(17(24)26)29-18(22-16)23-4-6-28-7-5-23/h2-3,8,10H,4-7,9H2,1H3,(H,21,25). The van der Waals surface area contributed by atoms with Crippen LogP contribution in [0.25, 0.3) is 10.3 Å². The van der Waals surface area contributed by atoms with Crippen LogP contribution in [0.5, 0.6) is 5.75 Å². The molecule has 1 aliphatic heterocycles. The first-order valence-corrected chi connectivity index (χ1v) is 10.1. The van der Waals surface area contributed by atoms with Crippen molar-refractivity contribution in [3.8, 4) is 5.75 Å². The van der Waals surface area contributed by atoms with Crippen LogP contribution in [0.1, 0.15) is 0 Å². The molecule has 1 N–H and O–H groups in total. The van der Waals surface area contributed by atoms with Crippen molar-refractivity contribution >= 4 is 50.0 Å². The summed E-state index contributed by atoms with van der Waals surface area (Å²) in [5, 5.41) is 3.91. The van der Waals surface area contributed by atoms with Gasteiger partial charge in [0.05, 0.1) is 26.0 Å². The monoisotopic (exact) mass is 435 g/mol. The van der Waals surface area contributed by atoms with Crippen LogP contribution in [0.15, 0.2) is 29.3 Å². The molecule has 1 amide bonds. The highest BCUT2D eigenvalue weighted by atomic mass is 35.5. The Morgan fingerprint density at radius 2 is 2.17 bits per heavy atom. The second-order valence-electron chi connectivity index (χ2n) is 6.32. The number of ether oxygens (including phenoxy) is 2. The molecule has 0 bridgehead atoms. The van der Waals surface area contributed by atoms with Gasteiger partial charge in [-0.1, -0.05) is 22.9 Å². The van der Waals surface area contributed by atoms with Crippen molar-refractivity contribution in [3.05, 3.63) is 39.9 Å². The molecule has 1 aromatic carbocycles. The van der Waals surface area contributed by atoms with Crippen molar-refractivity contribution in [1.29, 1.82) is 0 Å². The Balaban J connectivity index is 1.55. The van der Waals surface area contributed by atoms with E-state index in [2.05, 4.69) is 20.2 Å². The number of rotatable bonds is 5.